The maximum absolute atomic E-state index is 13.0. The monoisotopic (exact) mass is 542 g/mol. The van der Waals surface area contributed by atoms with Crippen molar-refractivity contribution in [2.24, 2.45) is 0 Å². The quantitative estimate of drug-likeness (QED) is 0.176. The summed E-state index contributed by atoms with van der Waals surface area (Å²) in [5.41, 5.74) is 2.01. The highest BCUT2D eigenvalue weighted by Crippen LogP contribution is 2.42. The van der Waals surface area contributed by atoms with E-state index >= 15 is 0 Å². The van der Waals surface area contributed by atoms with E-state index in [0.717, 1.165) is 49.0 Å². The minimum absolute atomic E-state index is 0.000913. The molecular formula is C30H42N2O5S. The predicted molar refractivity (Wildman–Crippen MR) is 153 cm³/mol. The summed E-state index contributed by atoms with van der Waals surface area (Å²) in [6.45, 7) is 9.99. The number of thioether (sulfide) groups is 1. The van der Waals surface area contributed by atoms with Gasteiger partial charge >= 0.3 is 0 Å². The van der Waals surface area contributed by atoms with Crippen molar-refractivity contribution in [1.29, 1.82) is 0 Å². The first-order valence-electron chi connectivity index (χ1n) is 13.3. The average Bonchev–Trinajstić information content (AvgIpc) is 3.28. The van der Waals surface area contributed by atoms with Gasteiger partial charge in [-0.3, -0.25) is 9.59 Å². The fraction of sp³-hybridized carbons (Fsp3) is 0.533. The van der Waals surface area contributed by atoms with Crippen molar-refractivity contribution in [2.75, 3.05) is 20.0 Å². The first-order chi connectivity index (χ1) is 18.3. The Labute approximate surface area is 231 Å². The normalized spacial score (nSPS) is 25.8. The Bertz CT molecular complexity index is 995. The third kappa shape index (κ3) is 7.98. The lowest BCUT2D eigenvalue weighted by atomic mass is 9.89. The van der Waals surface area contributed by atoms with E-state index in [-0.39, 0.29) is 29.3 Å². The minimum atomic E-state index is -1.03. The summed E-state index contributed by atoms with van der Waals surface area (Å²) in [6.07, 6.45) is 10.8. The van der Waals surface area contributed by atoms with Crippen LogP contribution in [0.3, 0.4) is 0 Å². The Kier molecular flexibility index (Phi) is 11.5. The lowest BCUT2D eigenvalue weighted by Gasteiger charge is -2.48. The largest absolute Gasteiger partial charge is 0.497 e. The van der Waals surface area contributed by atoms with Crippen LogP contribution in [0.1, 0.15) is 57.4 Å². The van der Waals surface area contributed by atoms with Crippen molar-refractivity contribution < 1.29 is 23.8 Å². The Hall–Kier alpha value is -2.55. The summed E-state index contributed by atoms with van der Waals surface area (Å²) >= 11 is 1.29. The van der Waals surface area contributed by atoms with Crippen LogP contribution in [0.25, 0.3) is 0 Å². The number of hydrogen-bond donors (Lipinski definition) is 1. The van der Waals surface area contributed by atoms with E-state index in [1.54, 1.807) is 20.3 Å². The molecule has 38 heavy (non-hydrogen) atoms. The summed E-state index contributed by atoms with van der Waals surface area (Å²) in [6, 6.07) is 7.29. The van der Waals surface area contributed by atoms with Crippen LogP contribution in [-0.4, -0.2) is 60.0 Å². The number of nitrogens with one attached hydrogen (secondary N) is 1. The number of carbonyl (C=O) groups excluding carboxylic acids is 2. The molecule has 0 unspecified atom stereocenters. The second-order valence-electron chi connectivity index (χ2n) is 10.0. The molecule has 8 heteroatoms. The van der Waals surface area contributed by atoms with Crippen molar-refractivity contribution in [1.82, 2.24) is 10.2 Å². The lowest BCUT2D eigenvalue weighted by molar-refractivity contribution is -0.294. The zero-order valence-corrected chi connectivity index (χ0v) is 23.8. The summed E-state index contributed by atoms with van der Waals surface area (Å²) < 4.78 is 18.1. The van der Waals surface area contributed by atoms with E-state index < -0.39 is 5.79 Å². The van der Waals surface area contributed by atoms with Gasteiger partial charge in [0.25, 0.3) is 5.24 Å². The lowest BCUT2D eigenvalue weighted by Crippen LogP contribution is -2.62. The van der Waals surface area contributed by atoms with Gasteiger partial charge in [0.1, 0.15) is 5.75 Å². The van der Waals surface area contributed by atoms with Crippen molar-refractivity contribution in [3.63, 3.8) is 0 Å². The number of benzene rings is 1. The van der Waals surface area contributed by atoms with Crippen LogP contribution in [0.5, 0.6) is 5.75 Å². The summed E-state index contributed by atoms with van der Waals surface area (Å²) in [5.74, 6) is 0.192. The molecule has 0 radical (unpaired) electrons. The molecule has 0 bridgehead atoms. The van der Waals surface area contributed by atoms with E-state index in [9.17, 15) is 9.59 Å². The zero-order valence-electron chi connectivity index (χ0n) is 22.9. The van der Waals surface area contributed by atoms with Gasteiger partial charge in [0.05, 0.1) is 19.3 Å². The minimum Gasteiger partial charge on any atom is -0.497 e. The summed E-state index contributed by atoms with van der Waals surface area (Å²) in [4.78, 5) is 27.8. The predicted octanol–water partition coefficient (Wildman–Crippen LogP) is 6.01. The Morgan fingerprint density at radius 3 is 2.63 bits per heavy atom. The number of unbranched alkanes of at least 4 members (excludes halogenated alkanes) is 1. The second-order valence-corrected chi connectivity index (χ2v) is 11.0. The van der Waals surface area contributed by atoms with E-state index in [0.29, 0.717) is 25.1 Å². The third-order valence-electron chi connectivity index (χ3n) is 7.19. The van der Waals surface area contributed by atoms with E-state index in [4.69, 9.17) is 14.2 Å². The molecule has 4 atom stereocenters. The molecular weight excluding hydrogens is 500 g/mol. The van der Waals surface area contributed by atoms with Gasteiger partial charge in [-0.05, 0) is 63.1 Å². The topological polar surface area (TPSA) is 77.1 Å². The van der Waals surface area contributed by atoms with Gasteiger partial charge < -0.3 is 24.4 Å². The standard InChI is InChI=1S/C30H42N2O5S/c1-6-8-10-12-26-18-24(31-28(33)17-22(3)11-9-7-2)19-30(36-5,37-26)27-21-38-29(34)32(27)20-23-13-15-25(35-4)16-14-23/h6-7,13-17,24,26-27H,1-2,8-12,18-21H2,3-5H3,(H,31,33)/t24-,26-,27+,30-/m1/s1. The van der Waals surface area contributed by atoms with Gasteiger partial charge in [-0.25, -0.2) is 0 Å². The van der Waals surface area contributed by atoms with Crippen LogP contribution < -0.4 is 10.1 Å². The molecule has 0 saturated carbocycles. The SMILES string of the molecule is C=CCCC[C@@H]1C[C@@H](NC(=O)C=C(C)CCC=C)C[C@](OC)([C@@H]2CSC(=O)N2Cc2ccc(OC)cc2)O1. The number of carbonyl (C=O) groups is 2. The van der Waals surface area contributed by atoms with Crippen LogP contribution in [0.4, 0.5) is 4.79 Å². The molecule has 7 nitrogen and oxygen atoms in total. The zero-order chi connectivity index (χ0) is 27.5. The third-order valence-corrected chi connectivity index (χ3v) is 8.15. The highest BCUT2D eigenvalue weighted by molar-refractivity contribution is 8.13. The van der Waals surface area contributed by atoms with Crippen LogP contribution in [0.15, 0.2) is 61.2 Å². The van der Waals surface area contributed by atoms with Crippen LogP contribution in [0, 0.1) is 0 Å². The maximum atomic E-state index is 13.0. The Morgan fingerprint density at radius 2 is 1.97 bits per heavy atom. The molecule has 2 aliphatic rings. The smallest absolute Gasteiger partial charge is 0.282 e. The molecule has 208 valence electrons. The van der Waals surface area contributed by atoms with E-state index in [2.05, 4.69) is 18.5 Å². The number of allylic oxidation sites excluding steroid dienone is 3. The second kappa shape index (κ2) is 14.6. The van der Waals surface area contributed by atoms with Gasteiger partial charge in [0.15, 0.2) is 5.79 Å². The molecule has 2 heterocycles. The van der Waals surface area contributed by atoms with Gasteiger partial charge in [-0.1, -0.05) is 41.6 Å². The van der Waals surface area contributed by atoms with Crippen LogP contribution in [0.2, 0.25) is 0 Å². The molecule has 2 saturated heterocycles. The number of hydrogen-bond acceptors (Lipinski definition) is 6. The molecule has 1 N–H and O–H groups in total. The van der Waals surface area contributed by atoms with Crippen LogP contribution in [-0.2, 0) is 20.8 Å². The Morgan fingerprint density at radius 1 is 1.24 bits per heavy atom. The van der Waals surface area contributed by atoms with Crippen molar-refractivity contribution >= 4 is 22.9 Å². The highest BCUT2D eigenvalue weighted by Gasteiger charge is 2.53. The molecule has 1 aromatic carbocycles. The summed E-state index contributed by atoms with van der Waals surface area (Å²) in [5, 5.41) is 3.20. The molecule has 1 aromatic rings. The van der Waals surface area contributed by atoms with Crippen molar-refractivity contribution in [3.8, 4) is 5.75 Å². The van der Waals surface area contributed by atoms with Gasteiger partial charge in [-0.15, -0.1) is 13.2 Å². The highest BCUT2D eigenvalue weighted by atomic mass is 32.2. The first-order valence-corrected chi connectivity index (χ1v) is 14.3. The van der Waals surface area contributed by atoms with Crippen molar-refractivity contribution in [2.45, 2.75) is 82.4 Å². The molecule has 3 rings (SSSR count). The number of nitrogens with zero attached hydrogens (tertiary/aromatic N) is 1. The average molecular weight is 543 g/mol. The number of rotatable bonds is 14. The molecule has 0 aromatic heterocycles. The molecule has 0 spiro atoms. The van der Waals surface area contributed by atoms with Gasteiger partial charge in [0, 0.05) is 37.9 Å². The van der Waals surface area contributed by atoms with E-state index in [1.165, 1.54) is 11.8 Å². The molecule has 2 fully saturated rings. The van der Waals surface area contributed by atoms with Crippen molar-refractivity contribution in [3.05, 3.63) is 66.8 Å². The first kappa shape index (κ1) is 30.0. The Balaban J connectivity index is 1.82. The molecule has 2 amide bonds. The van der Waals surface area contributed by atoms with Gasteiger partial charge in [-0.2, -0.15) is 0 Å². The fourth-order valence-corrected chi connectivity index (χ4v) is 6.26. The van der Waals surface area contributed by atoms with E-state index in [1.807, 2.05) is 48.2 Å². The van der Waals surface area contributed by atoms with Gasteiger partial charge in [0.2, 0.25) is 5.91 Å². The number of ether oxygens (including phenoxy) is 3. The summed E-state index contributed by atoms with van der Waals surface area (Å²) in [7, 11) is 3.27. The maximum Gasteiger partial charge on any atom is 0.282 e. The fourth-order valence-electron chi connectivity index (χ4n) is 5.17. The van der Waals surface area contributed by atoms with Crippen LogP contribution >= 0.6 is 11.8 Å². The molecule has 0 aliphatic carbocycles. The number of amides is 2. The number of methoxy groups -OCH3 is 2. The molecule has 2 aliphatic heterocycles.